The van der Waals surface area contributed by atoms with E-state index in [1.165, 1.54) is 23.1 Å². The van der Waals surface area contributed by atoms with Crippen molar-refractivity contribution in [2.75, 3.05) is 25.7 Å². The fourth-order valence-corrected chi connectivity index (χ4v) is 4.56. The molecular weight excluding hydrogens is 416 g/mol. The number of hydrogen-bond acceptors (Lipinski definition) is 5. The maximum Gasteiger partial charge on any atom is 0.282 e. The van der Waals surface area contributed by atoms with Crippen LogP contribution < -0.4 is 14.4 Å². The molecule has 33 heavy (non-hydrogen) atoms. The number of carbonyl (C=O) groups excluding carboxylic acids is 2. The first-order valence-corrected chi connectivity index (χ1v) is 10.8. The van der Waals surface area contributed by atoms with Crippen LogP contribution in [0, 0.1) is 0 Å². The van der Waals surface area contributed by atoms with Crippen molar-refractivity contribution < 1.29 is 19.1 Å². The van der Waals surface area contributed by atoms with Crippen LogP contribution in [0.1, 0.15) is 16.7 Å². The van der Waals surface area contributed by atoms with Crippen LogP contribution in [0.4, 0.5) is 5.69 Å². The molecule has 0 radical (unpaired) electrons. The van der Waals surface area contributed by atoms with Gasteiger partial charge in [0, 0.05) is 19.2 Å². The van der Waals surface area contributed by atoms with Crippen LogP contribution in [0.15, 0.2) is 78.5 Å². The first-order valence-electron chi connectivity index (χ1n) is 10.8. The predicted octanol–water partition coefficient (Wildman–Crippen LogP) is 4.05. The number of rotatable bonds is 5. The molecule has 3 aromatic carbocycles. The van der Waals surface area contributed by atoms with Crippen molar-refractivity contribution in [2.24, 2.45) is 0 Å². The van der Waals surface area contributed by atoms with E-state index in [0.29, 0.717) is 41.5 Å². The van der Waals surface area contributed by atoms with Crippen LogP contribution in [0.2, 0.25) is 0 Å². The zero-order chi connectivity index (χ0) is 22.9. The number of amides is 2. The molecule has 0 N–H and O–H groups in total. The van der Waals surface area contributed by atoms with Crippen LogP contribution in [-0.2, 0) is 22.6 Å². The topological polar surface area (TPSA) is 59.1 Å². The minimum Gasteiger partial charge on any atom is -0.493 e. The lowest BCUT2D eigenvalue weighted by Crippen LogP contribution is -2.37. The molecular formula is C27H24N2O4. The maximum atomic E-state index is 13.8. The molecule has 2 aliphatic heterocycles. The Morgan fingerprint density at radius 1 is 0.758 bits per heavy atom. The molecule has 2 heterocycles. The van der Waals surface area contributed by atoms with Gasteiger partial charge in [0.05, 0.1) is 25.5 Å². The summed E-state index contributed by atoms with van der Waals surface area (Å²) in [6.45, 7) is 1.25. The number of ether oxygens (including phenoxy) is 2. The van der Waals surface area contributed by atoms with Crippen LogP contribution >= 0.6 is 0 Å². The number of nitrogens with zero attached hydrogens (tertiary/aromatic N) is 2. The van der Waals surface area contributed by atoms with Gasteiger partial charge in [0.1, 0.15) is 5.70 Å². The summed E-state index contributed by atoms with van der Waals surface area (Å²) in [5.74, 6) is 0.319. The van der Waals surface area contributed by atoms with Crippen molar-refractivity contribution in [3.8, 4) is 11.5 Å². The standard InChI is InChI=1S/C27H24N2O4/c1-32-22-13-12-21(16-23(22)33-2)29-26(30)24(19-9-4-3-5-10-19)25(27(29)31)28-15-14-18-8-6-7-11-20(18)17-28/h3-13,16H,14-15,17H2,1-2H3. The van der Waals surface area contributed by atoms with Gasteiger partial charge < -0.3 is 14.4 Å². The van der Waals surface area contributed by atoms with Crippen molar-refractivity contribution in [3.05, 3.63) is 95.2 Å². The fourth-order valence-electron chi connectivity index (χ4n) is 4.56. The molecule has 0 aromatic heterocycles. The van der Waals surface area contributed by atoms with E-state index in [2.05, 4.69) is 12.1 Å². The average molecular weight is 440 g/mol. The predicted molar refractivity (Wildman–Crippen MR) is 126 cm³/mol. The molecule has 0 saturated carbocycles. The van der Waals surface area contributed by atoms with E-state index < -0.39 is 0 Å². The highest BCUT2D eigenvalue weighted by atomic mass is 16.5. The van der Waals surface area contributed by atoms with Crippen LogP contribution in [0.25, 0.3) is 5.57 Å². The van der Waals surface area contributed by atoms with Gasteiger partial charge in [-0.25, -0.2) is 4.90 Å². The van der Waals surface area contributed by atoms with Crippen molar-refractivity contribution in [1.29, 1.82) is 0 Å². The highest BCUT2D eigenvalue weighted by molar-refractivity contribution is 6.45. The first-order chi connectivity index (χ1) is 16.1. The Morgan fingerprint density at radius 2 is 1.45 bits per heavy atom. The molecule has 3 aromatic rings. The van der Waals surface area contributed by atoms with Gasteiger partial charge >= 0.3 is 0 Å². The molecule has 0 saturated heterocycles. The Balaban J connectivity index is 1.60. The van der Waals surface area contributed by atoms with Crippen LogP contribution in [0.3, 0.4) is 0 Å². The van der Waals surface area contributed by atoms with E-state index >= 15 is 0 Å². The third kappa shape index (κ3) is 3.53. The fraction of sp³-hybridized carbons (Fsp3) is 0.185. The summed E-state index contributed by atoms with van der Waals surface area (Å²) >= 11 is 0. The van der Waals surface area contributed by atoms with Gasteiger partial charge in [-0.2, -0.15) is 0 Å². The van der Waals surface area contributed by atoms with E-state index in [1.54, 1.807) is 25.3 Å². The zero-order valence-corrected chi connectivity index (χ0v) is 18.6. The van der Waals surface area contributed by atoms with Gasteiger partial charge in [0.25, 0.3) is 11.8 Å². The molecule has 0 bridgehead atoms. The van der Waals surface area contributed by atoms with E-state index in [1.807, 2.05) is 47.4 Å². The monoisotopic (exact) mass is 440 g/mol. The lowest BCUT2D eigenvalue weighted by atomic mass is 9.98. The summed E-state index contributed by atoms with van der Waals surface area (Å²) in [6.07, 6.45) is 0.819. The summed E-state index contributed by atoms with van der Waals surface area (Å²) in [6, 6.07) is 22.7. The Bertz CT molecular complexity index is 1270. The number of imide groups is 1. The largest absolute Gasteiger partial charge is 0.493 e. The lowest BCUT2D eigenvalue weighted by Gasteiger charge is -2.31. The second kappa shape index (κ2) is 8.47. The summed E-state index contributed by atoms with van der Waals surface area (Å²) in [4.78, 5) is 30.8. The Kier molecular flexibility index (Phi) is 5.34. The molecule has 0 fully saturated rings. The minimum atomic E-state index is -0.340. The second-order valence-electron chi connectivity index (χ2n) is 8.01. The third-order valence-corrected chi connectivity index (χ3v) is 6.19. The lowest BCUT2D eigenvalue weighted by molar-refractivity contribution is -0.120. The van der Waals surface area contributed by atoms with Crippen molar-refractivity contribution in [2.45, 2.75) is 13.0 Å². The van der Waals surface area contributed by atoms with E-state index in [9.17, 15) is 9.59 Å². The Labute approximate surface area is 192 Å². The summed E-state index contributed by atoms with van der Waals surface area (Å²) < 4.78 is 10.7. The SMILES string of the molecule is COc1ccc(N2C(=O)C(c3ccccc3)=C(N3CCc4ccccc4C3)C2=O)cc1OC. The molecule has 166 valence electrons. The minimum absolute atomic E-state index is 0.328. The van der Waals surface area contributed by atoms with Crippen molar-refractivity contribution >= 4 is 23.1 Å². The van der Waals surface area contributed by atoms with Gasteiger partial charge in [0.15, 0.2) is 11.5 Å². The quantitative estimate of drug-likeness (QED) is 0.561. The van der Waals surface area contributed by atoms with Crippen molar-refractivity contribution in [3.63, 3.8) is 0 Å². The number of methoxy groups -OCH3 is 2. The van der Waals surface area contributed by atoms with Gasteiger partial charge in [0.2, 0.25) is 0 Å². The van der Waals surface area contributed by atoms with Gasteiger partial charge in [-0.05, 0) is 35.2 Å². The van der Waals surface area contributed by atoms with Gasteiger partial charge in [-0.3, -0.25) is 9.59 Å². The molecule has 0 atom stereocenters. The highest BCUT2D eigenvalue weighted by Gasteiger charge is 2.43. The van der Waals surface area contributed by atoms with E-state index in [4.69, 9.17) is 9.47 Å². The molecule has 0 aliphatic carbocycles. The molecule has 2 aliphatic rings. The molecule has 6 nitrogen and oxygen atoms in total. The van der Waals surface area contributed by atoms with Crippen molar-refractivity contribution in [1.82, 2.24) is 4.90 Å². The number of benzene rings is 3. The number of fused-ring (bicyclic) bond motifs is 1. The third-order valence-electron chi connectivity index (χ3n) is 6.19. The number of anilines is 1. The zero-order valence-electron chi connectivity index (χ0n) is 18.6. The van der Waals surface area contributed by atoms with E-state index in [0.717, 1.165) is 12.0 Å². The number of hydrogen-bond donors (Lipinski definition) is 0. The first kappa shape index (κ1) is 20.8. The van der Waals surface area contributed by atoms with Gasteiger partial charge in [-0.15, -0.1) is 0 Å². The van der Waals surface area contributed by atoms with Crippen LogP contribution in [-0.4, -0.2) is 37.5 Å². The maximum absolute atomic E-state index is 13.8. The molecule has 0 unspecified atom stereocenters. The normalized spacial score (nSPS) is 15.7. The molecule has 5 rings (SSSR count). The Morgan fingerprint density at radius 3 is 2.18 bits per heavy atom. The summed E-state index contributed by atoms with van der Waals surface area (Å²) in [7, 11) is 3.07. The summed E-state index contributed by atoms with van der Waals surface area (Å²) in [5.41, 5.74) is 4.50. The summed E-state index contributed by atoms with van der Waals surface area (Å²) in [5, 5.41) is 0. The Hall–Kier alpha value is -4.06. The average Bonchev–Trinajstić information content (AvgIpc) is 3.13. The van der Waals surface area contributed by atoms with Crippen LogP contribution in [0.5, 0.6) is 11.5 Å². The second-order valence-corrected chi connectivity index (χ2v) is 8.01. The number of carbonyl (C=O) groups is 2. The highest BCUT2D eigenvalue weighted by Crippen LogP contribution is 2.39. The van der Waals surface area contributed by atoms with E-state index in [-0.39, 0.29) is 11.8 Å². The molecule has 0 spiro atoms. The van der Waals surface area contributed by atoms with Gasteiger partial charge in [-0.1, -0.05) is 54.6 Å². The molecule has 6 heteroatoms. The smallest absolute Gasteiger partial charge is 0.282 e. The molecule has 2 amide bonds.